The van der Waals surface area contributed by atoms with Crippen molar-refractivity contribution < 1.29 is 14.6 Å². The Morgan fingerprint density at radius 1 is 1.47 bits per heavy atom. The monoisotopic (exact) mass is 264 g/mol. The summed E-state index contributed by atoms with van der Waals surface area (Å²) >= 11 is 0. The van der Waals surface area contributed by atoms with Crippen LogP contribution in [0.3, 0.4) is 0 Å². The van der Waals surface area contributed by atoms with Crippen molar-refractivity contribution >= 4 is 0 Å². The van der Waals surface area contributed by atoms with Crippen LogP contribution in [0.1, 0.15) is 37.7 Å². The van der Waals surface area contributed by atoms with Gasteiger partial charge in [0.15, 0.2) is 0 Å². The molecule has 3 heteroatoms. The fraction of sp³-hybridized carbons (Fsp3) is 0.625. The van der Waals surface area contributed by atoms with E-state index in [9.17, 15) is 5.11 Å². The zero-order valence-corrected chi connectivity index (χ0v) is 11.7. The van der Waals surface area contributed by atoms with Crippen molar-refractivity contribution in [2.24, 2.45) is 0 Å². The molecule has 19 heavy (non-hydrogen) atoms. The van der Waals surface area contributed by atoms with Gasteiger partial charge in [-0.3, -0.25) is 0 Å². The second-order valence-corrected chi connectivity index (χ2v) is 5.28. The quantitative estimate of drug-likeness (QED) is 0.823. The van der Waals surface area contributed by atoms with E-state index >= 15 is 0 Å². The molecular weight excluding hydrogens is 240 g/mol. The summed E-state index contributed by atoms with van der Waals surface area (Å²) in [6.45, 7) is 0.914. The third-order valence-corrected chi connectivity index (χ3v) is 3.69. The molecule has 0 spiro atoms. The van der Waals surface area contributed by atoms with E-state index < -0.39 is 0 Å². The first-order valence-electron chi connectivity index (χ1n) is 7.20. The second-order valence-electron chi connectivity index (χ2n) is 5.28. The summed E-state index contributed by atoms with van der Waals surface area (Å²) in [6, 6.07) is 7.91. The molecule has 2 unspecified atom stereocenters. The number of ether oxygens (including phenoxy) is 2. The SMILES string of the molecule is COc1cccc(CC(O)CCCC2CCCO2)c1. The predicted molar refractivity (Wildman–Crippen MR) is 75.5 cm³/mol. The van der Waals surface area contributed by atoms with E-state index in [1.165, 1.54) is 12.8 Å². The Labute approximate surface area is 115 Å². The van der Waals surface area contributed by atoms with Crippen LogP contribution in [-0.4, -0.2) is 31.0 Å². The van der Waals surface area contributed by atoms with Crippen molar-refractivity contribution in [2.45, 2.75) is 50.7 Å². The normalized spacial score (nSPS) is 20.4. The third kappa shape index (κ3) is 4.84. The van der Waals surface area contributed by atoms with Crippen molar-refractivity contribution in [2.75, 3.05) is 13.7 Å². The fourth-order valence-corrected chi connectivity index (χ4v) is 2.63. The molecule has 0 radical (unpaired) electrons. The Kier molecular flexibility index (Phi) is 5.67. The molecule has 2 atom stereocenters. The molecule has 3 nitrogen and oxygen atoms in total. The Morgan fingerprint density at radius 3 is 3.11 bits per heavy atom. The Hall–Kier alpha value is -1.06. The summed E-state index contributed by atoms with van der Waals surface area (Å²) in [7, 11) is 1.66. The van der Waals surface area contributed by atoms with Gasteiger partial charge in [-0.25, -0.2) is 0 Å². The lowest BCUT2D eigenvalue weighted by molar-refractivity contribution is 0.0945. The van der Waals surface area contributed by atoms with Crippen LogP contribution in [0.5, 0.6) is 5.75 Å². The average molecular weight is 264 g/mol. The van der Waals surface area contributed by atoms with E-state index in [2.05, 4.69) is 0 Å². The Morgan fingerprint density at radius 2 is 2.37 bits per heavy atom. The molecule has 1 aliphatic rings. The highest BCUT2D eigenvalue weighted by Crippen LogP contribution is 2.19. The van der Waals surface area contributed by atoms with E-state index in [1.54, 1.807) is 7.11 Å². The van der Waals surface area contributed by atoms with Crippen LogP contribution in [-0.2, 0) is 11.2 Å². The Balaban J connectivity index is 1.69. The molecule has 2 rings (SSSR count). The lowest BCUT2D eigenvalue weighted by Crippen LogP contribution is -2.12. The number of benzene rings is 1. The second kappa shape index (κ2) is 7.51. The average Bonchev–Trinajstić information content (AvgIpc) is 2.92. The highest BCUT2D eigenvalue weighted by Gasteiger charge is 2.15. The van der Waals surface area contributed by atoms with E-state index in [0.29, 0.717) is 12.5 Å². The minimum atomic E-state index is -0.270. The lowest BCUT2D eigenvalue weighted by atomic mass is 10.0. The first-order valence-corrected chi connectivity index (χ1v) is 7.20. The molecular formula is C16H24O3. The number of aliphatic hydroxyl groups is 1. The predicted octanol–water partition coefficient (Wildman–Crippen LogP) is 2.95. The zero-order chi connectivity index (χ0) is 13.5. The van der Waals surface area contributed by atoms with Crippen molar-refractivity contribution in [3.05, 3.63) is 29.8 Å². The van der Waals surface area contributed by atoms with Gasteiger partial charge in [-0.1, -0.05) is 12.1 Å². The van der Waals surface area contributed by atoms with Gasteiger partial charge in [-0.15, -0.1) is 0 Å². The third-order valence-electron chi connectivity index (χ3n) is 3.69. The number of aliphatic hydroxyl groups excluding tert-OH is 1. The maximum atomic E-state index is 10.1. The highest BCUT2D eigenvalue weighted by atomic mass is 16.5. The summed E-state index contributed by atoms with van der Waals surface area (Å²) in [6.07, 6.45) is 6.20. The first kappa shape index (κ1) is 14.4. The minimum absolute atomic E-state index is 0.270. The molecule has 1 aromatic rings. The van der Waals surface area contributed by atoms with E-state index in [4.69, 9.17) is 9.47 Å². The molecule has 1 saturated heterocycles. The van der Waals surface area contributed by atoms with Crippen LogP contribution in [0.15, 0.2) is 24.3 Å². The summed E-state index contributed by atoms with van der Waals surface area (Å²) in [5.74, 6) is 0.851. The van der Waals surface area contributed by atoms with Gasteiger partial charge < -0.3 is 14.6 Å². The van der Waals surface area contributed by atoms with Crippen LogP contribution in [0.2, 0.25) is 0 Å². The fourth-order valence-electron chi connectivity index (χ4n) is 2.63. The van der Waals surface area contributed by atoms with Crippen LogP contribution in [0, 0.1) is 0 Å². The smallest absolute Gasteiger partial charge is 0.119 e. The maximum absolute atomic E-state index is 10.1. The molecule has 0 amide bonds. The molecule has 1 aromatic carbocycles. The Bertz CT molecular complexity index is 372. The largest absolute Gasteiger partial charge is 0.497 e. The summed E-state index contributed by atoms with van der Waals surface area (Å²) in [5.41, 5.74) is 1.13. The van der Waals surface area contributed by atoms with Crippen molar-refractivity contribution in [1.29, 1.82) is 0 Å². The number of hydrogen-bond acceptors (Lipinski definition) is 3. The first-order chi connectivity index (χ1) is 9.28. The van der Waals surface area contributed by atoms with Gasteiger partial charge in [0, 0.05) is 6.61 Å². The van der Waals surface area contributed by atoms with Gasteiger partial charge in [-0.2, -0.15) is 0 Å². The van der Waals surface area contributed by atoms with Gasteiger partial charge in [0.2, 0.25) is 0 Å². The van der Waals surface area contributed by atoms with Gasteiger partial charge >= 0.3 is 0 Å². The number of hydrogen-bond donors (Lipinski definition) is 1. The molecule has 0 aliphatic carbocycles. The summed E-state index contributed by atoms with van der Waals surface area (Å²) in [5, 5.41) is 10.1. The molecule has 0 aromatic heterocycles. The molecule has 1 fully saturated rings. The van der Waals surface area contributed by atoms with E-state index in [-0.39, 0.29) is 6.10 Å². The van der Waals surface area contributed by atoms with Crippen molar-refractivity contribution in [1.82, 2.24) is 0 Å². The van der Waals surface area contributed by atoms with Gasteiger partial charge in [0.25, 0.3) is 0 Å². The number of methoxy groups -OCH3 is 1. The van der Waals surface area contributed by atoms with Gasteiger partial charge in [0.05, 0.1) is 19.3 Å². The summed E-state index contributed by atoms with van der Waals surface area (Å²) in [4.78, 5) is 0. The zero-order valence-electron chi connectivity index (χ0n) is 11.7. The van der Waals surface area contributed by atoms with Crippen LogP contribution < -0.4 is 4.74 Å². The van der Waals surface area contributed by atoms with Crippen LogP contribution in [0.25, 0.3) is 0 Å². The molecule has 1 heterocycles. The standard InChI is InChI=1S/C16H24O3/c1-18-16-8-2-5-13(12-16)11-14(17)6-3-7-15-9-4-10-19-15/h2,5,8,12,14-15,17H,3-4,6-7,9-11H2,1H3. The van der Waals surface area contributed by atoms with Gasteiger partial charge in [0.1, 0.15) is 5.75 Å². The lowest BCUT2D eigenvalue weighted by Gasteiger charge is -2.13. The van der Waals surface area contributed by atoms with Gasteiger partial charge in [-0.05, 0) is 56.2 Å². The highest BCUT2D eigenvalue weighted by molar-refractivity contribution is 5.28. The van der Waals surface area contributed by atoms with E-state index in [1.807, 2.05) is 24.3 Å². The number of rotatable bonds is 7. The van der Waals surface area contributed by atoms with Crippen LogP contribution >= 0.6 is 0 Å². The van der Waals surface area contributed by atoms with E-state index in [0.717, 1.165) is 37.2 Å². The molecule has 1 aliphatic heterocycles. The van der Waals surface area contributed by atoms with Crippen molar-refractivity contribution in [3.63, 3.8) is 0 Å². The van der Waals surface area contributed by atoms with Crippen molar-refractivity contribution in [3.8, 4) is 5.75 Å². The maximum Gasteiger partial charge on any atom is 0.119 e. The molecule has 106 valence electrons. The molecule has 1 N–H and O–H groups in total. The molecule has 0 saturated carbocycles. The topological polar surface area (TPSA) is 38.7 Å². The van der Waals surface area contributed by atoms with Crippen LogP contribution in [0.4, 0.5) is 0 Å². The molecule has 0 bridgehead atoms. The summed E-state index contributed by atoms with van der Waals surface area (Å²) < 4.78 is 10.8. The minimum Gasteiger partial charge on any atom is -0.497 e.